The molecule has 2 aromatic rings. The van der Waals surface area contributed by atoms with Crippen molar-refractivity contribution in [3.8, 4) is 0 Å². The molecule has 0 atom stereocenters. The number of unbranched alkanes of at least 4 members (excludes halogenated alkanes) is 1. The van der Waals surface area contributed by atoms with Crippen molar-refractivity contribution in [2.75, 3.05) is 48.3 Å². The van der Waals surface area contributed by atoms with Crippen LogP contribution in [0.15, 0.2) is 36.5 Å². The van der Waals surface area contributed by atoms with E-state index in [0.29, 0.717) is 44.1 Å². The molecule has 0 unspecified atom stereocenters. The van der Waals surface area contributed by atoms with Crippen LogP contribution in [0.3, 0.4) is 0 Å². The first-order valence-electron chi connectivity index (χ1n) is 11.2. The zero-order valence-corrected chi connectivity index (χ0v) is 19.1. The molecule has 3 rings (SSSR count). The van der Waals surface area contributed by atoms with Crippen LogP contribution in [0.4, 0.5) is 17.2 Å². The minimum atomic E-state index is -1.10. The number of aromatic carboxylic acids is 1. The van der Waals surface area contributed by atoms with Crippen molar-refractivity contribution in [1.29, 1.82) is 0 Å². The Balaban J connectivity index is 1.56. The van der Waals surface area contributed by atoms with E-state index >= 15 is 0 Å². The molecule has 0 saturated carbocycles. The summed E-state index contributed by atoms with van der Waals surface area (Å²) in [6.45, 7) is 6.58. The molecule has 1 saturated heterocycles. The Hall–Kier alpha value is -3.46. The second kappa shape index (κ2) is 11.4. The number of aryl methyl sites for hydroxylation is 1. The molecule has 1 aliphatic rings. The number of nitrogens with zero attached hydrogens (tertiary/aromatic N) is 3. The van der Waals surface area contributed by atoms with Gasteiger partial charge in [0.25, 0.3) is 0 Å². The maximum Gasteiger partial charge on any atom is 0.339 e. The van der Waals surface area contributed by atoms with E-state index in [1.54, 1.807) is 0 Å². The van der Waals surface area contributed by atoms with Gasteiger partial charge in [-0.3, -0.25) is 14.5 Å². The van der Waals surface area contributed by atoms with Crippen molar-refractivity contribution in [3.05, 3.63) is 47.7 Å². The topological polar surface area (TPSA) is 115 Å². The standard InChI is InChI=1S/C24H31N5O4/c1-3-4-5-21(30)27-19-14-20(24(32)33)23(25-15-19)29-12-10-28(11-13-29)16-22(31)26-18-8-6-17(2)7-9-18/h6-9,14-15H,3-5,10-13,16H2,1-2H3,(H,26,31)(H,27,30)(H,32,33). The molecule has 176 valence electrons. The van der Waals surface area contributed by atoms with Gasteiger partial charge in [0, 0.05) is 38.3 Å². The molecule has 1 aromatic carbocycles. The summed E-state index contributed by atoms with van der Waals surface area (Å²) in [5.74, 6) is -0.958. The molecule has 0 spiro atoms. The van der Waals surface area contributed by atoms with E-state index < -0.39 is 5.97 Å². The largest absolute Gasteiger partial charge is 0.478 e. The van der Waals surface area contributed by atoms with Crippen molar-refractivity contribution in [1.82, 2.24) is 9.88 Å². The van der Waals surface area contributed by atoms with Gasteiger partial charge in [0.15, 0.2) is 0 Å². The summed E-state index contributed by atoms with van der Waals surface area (Å²) < 4.78 is 0. The third-order valence-electron chi connectivity index (χ3n) is 5.51. The Morgan fingerprint density at radius 2 is 1.67 bits per heavy atom. The summed E-state index contributed by atoms with van der Waals surface area (Å²) in [5, 5.41) is 15.3. The first-order chi connectivity index (χ1) is 15.9. The molecule has 1 aromatic heterocycles. The molecule has 1 fully saturated rings. The van der Waals surface area contributed by atoms with Crippen molar-refractivity contribution in [2.45, 2.75) is 33.1 Å². The molecular weight excluding hydrogens is 422 g/mol. The summed E-state index contributed by atoms with van der Waals surface area (Å²) in [4.78, 5) is 44.4. The SMILES string of the molecule is CCCCC(=O)Nc1cnc(N2CCN(CC(=O)Nc3ccc(C)cc3)CC2)c(C(=O)O)c1. The third kappa shape index (κ3) is 7.01. The van der Waals surface area contributed by atoms with E-state index in [9.17, 15) is 19.5 Å². The summed E-state index contributed by atoms with van der Waals surface area (Å²) in [6.07, 6.45) is 3.56. The molecule has 0 bridgehead atoms. The minimum absolute atomic E-state index is 0.0499. The highest BCUT2D eigenvalue weighted by atomic mass is 16.4. The lowest BCUT2D eigenvalue weighted by molar-refractivity contribution is -0.117. The van der Waals surface area contributed by atoms with Crippen LogP contribution in [0.2, 0.25) is 0 Å². The van der Waals surface area contributed by atoms with E-state index in [4.69, 9.17) is 0 Å². The third-order valence-corrected chi connectivity index (χ3v) is 5.51. The monoisotopic (exact) mass is 453 g/mol. The van der Waals surface area contributed by atoms with E-state index in [0.717, 1.165) is 24.1 Å². The van der Waals surface area contributed by atoms with Crippen LogP contribution in [-0.2, 0) is 9.59 Å². The molecule has 33 heavy (non-hydrogen) atoms. The maximum absolute atomic E-state index is 12.4. The number of piperazine rings is 1. The normalized spacial score (nSPS) is 14.1. The lowest BCUT2D eigenvalue weighted by Gasteiger charge is -2.35. The number of pyridine rings is 1. The molecular formula is C24H31N5O4. The summed E-state index contributed by atoms with van der Waals surface area (Å²) in [5.41, 5.74) is 2.32. The number of benzene rings is 1. The number of carbonyl (C=O) groups is 3. The van der Waals surface area contributed by atoms with E-state index in [1.165, 1.54) is 12.3 Å². The van der Waals surface area contributed by atoms with Crippen LogP contribution >= 0.6 is 0 Å². The Morgan fingerprint density at radius 1 is 1.00 bits per heavy atom. The van der Waals surface area contributed by atoms with Gasteiger partial charge >= 0.3 is 5.97 Å². The van der Waals surface area contributed by atoms with Gasteiger partial charge in [-0.25, -0.2) is 9.78 Å². The number of hydrogen-bond acceptors (Lipinski definition) is 6. The number of amides is 2. The van der Waals surface area contributed by atoms with Gasteiger partial charge in [0.05, 0.1) is 18.4 Å². The van der Waals surface area contributed by atoms with Gasteiger partial charge < -0.3 is 20.6 Å². The Morgan fingerprint density at radius 3 is 2.30 bits per heavy atom. The van der Waals surface area contributed by atoms with Crippen LogP contribution in [0.1, 0.15) is 42.1 Å². The lowest BCUT2D eigenvalue weighted by Crippen LogP contribution is -2.49. The summed E-state index contributed by atoms with van der Waals surface area (Å²) >= 11 is 0. The van der Waals surface area contributed by atoms with Crippen LogP contribution in [-0.4, -0.2) is 65.5 Å². The van der Waals surface area contributed by atoms with Gasteiger partial charge in [-0.1, -0.05) is 31.0 Å². The van der Waals surface area contributed by atoms with Gasteiger partial charge in [0.2, 0.25) is 11.8 Å². The van der Waals surface area contributed by atoms with Crippen LogP contribution in [0.5, 0.6) is 0 Å². The number of carboxylic acid groups (broad SMARTS) is 1. The predicted octanol–water partition coefficient (Wildman–Crippen LogP) is 2.98. The van der Waals surface area contributed by atoms with E-state index in [-0.39, 0.29) is 23.9 Å². The number of aromatic nitrogens is 1. The minimum Gasteiger partial charge on any atom is -0.478 e. The Bertz CT molecular complexity index is 985. The molecule has 9 nitrogen and oxygen atoms in total. The summed E-state index contributed by atoms with van der Waals surface area (Å²) in [7, 11) is 0. The van der Waals surface area contributed by atoms with E-state index in [1.807, 2.05) is 47.9 Å². The highest BCUT2D eigenvalue weighted by molar-refractivity contribution is 5.97. The lowest BCUT2D eigenvalue weighted by atomic mass is 10.2. The first-order valence-corrected chi connectivity index (χ1v) is 11.2. The van der Waals surface area contributed by atoms with Crippen molar-refractivity contribution in [2.24, 2.45) is 0 Å². The number of nitrogens with one attached hydrogen (secondary N) is 2. The molecule has 2 amide bonds. The maximum atomic E-state index is 12.4. The fourth-order valence-electron chi connectivity index (χ4n) is 3.65. The van der Waals surface area contributed by atoms with Gasteiger partial charge in [-0.2, -0.15) is 0 Å². The van der Waals surface area contributed by atoms with Crippen molar-refractivity contribution < 1.29 is 19.5 Å². The van der Waals surface area contributed by atoms with Crippen LogP contribution < -0.4 is 15.5 Å². The molecule has 1 aliphatic heterocycles. The Labute approximate surface area is 193 Å². The van der Waals surface area contributed by atoms with Crippen molar-refractivity contribution in [3.63, 3.8) is 0 Å². The average Bonchev–Trinajstić information content (AvgIpc) is 2.79. The number of carboxylic acids is 1. The number of rotatable bonds is 9. The van der Waals surface area contributed by atoms with Crippen molar-refractivity contribution >= 4 is 35.0 Å². The molecule has 0 radical (unpaired) electrons. The average molecular weight is 454 g/mol. The van der Waals surface area contributed by atoms with E-state index in [2.05, 4.69) is 15.6 Å². The highest BCUT2D eigenvalue weighted by Crippen LogP contribution is 2.23. The molecule has 2 heterocycles. The number of anilines is 3. The Kier molecular flexibility index (Phi) is 8.37. The molecule has 3 N–H and O–H groups in total. The van der Waals surface area contributed by atoms with Gasteiger partial charge in [0.1, 0.15) is 11.4 Å². The second-order valence-corrected chi connectivity index (χ2v) is 8.23. The first kappa shape index (κ1) is 24.2. The number of carbonyl (C=O) groups excluding carboxylic acids is 2. The fraction of sp³-hybridized carbons (Fsp3) is 0.417. The quantitative estimate of drug-likeness (QED) is 0.535. The molecule has 9 heteroatoms. The molecule has 0 aliphatic carbocycles. The highest BCUT2D eigenvalue weighted by Gasteiger charge is 2.24. The fourth-order valence-corrected chi connectivity index (χ4v) is 3.65. The van der Waals surface area contributed by atoms with Crippen LogP contribution in [0.25, 0.3) is 0 Å². The van der Waals surface area contributed by atoms with Crippen LogP contribution in [0, 0.1) is 6.92 Å². The van der Waals surface area contributed by atoms with Gasteiger partial charge in [-0.05, 0) is 31.5 Å². The summed E-state index contributed by atoms with van der Waals surface area (Å²) in [6, 6.07) is 9.10. The van der Waals surface area contributed by atoms with Gasteiger partial charge in [-0.15, -0.1) is 0 Å². The number of hydrogen-bond donors (Lipinski definition) is 3. The second-order valence-electron chi connectivity index (χ2n) is 8.23. The smallest absolute Gasteiger partial charge is 0.339 e. The zero-order chi connectivity index (χ0) is 23.8. The predicted molar refractivity (Wildman–Crippen MR) is 128 cm³/mol. The zero-order valence-electron chi connectivity index (χ0n) is 19.1.